The number of ether oxygens (including phenoxy) is 1. The van der Waals surface area contributed by atoms with Gasteiger partial charge in [0.05, 0.1) is 17.2 Å². The first-order chi connectivity index (χ1) is 13.9. The van der Waals surface area contributed by atoms with Gasteiger partial charge in [-0.15, -0.1) is 0 Å². The Labute approximate surface area is 165 Å². The lowest BCUT2D eigenvalue weighted by Crippen LogP contribution is -2.46. The molecule has 10 heteroatoms. The van der Waals surface area contributed by atoms with Gasteiger partial charge in [-0.1, -0.05) is 30.3 Å². The number of amides is 3. The van der Waals surface area contributed by atoms with Crippen LogP contribution in [0.15, 0.2) is 48.5 Å². The van der Waals surface area contributed by atoms with Crippen LogP contribution in [0.3, 0.4) is 0 Å². The van der Waals surface area contributed by atoms with Gasteiger partial charge in [0.25, 0.3) is 11.6 Å². The number of nitro groups is 1. The second kappa shape index (κ2) is 8.83. The Morgan fingerprint density at radius 2 is 1.86 bits per heavy atom. The molecule has 0 spiro atoms. The highest BCUT2D eigenvalue weighted by molar-refractivity contribution is 6.02. The molecule has 0 fully saturated rings. The maximum atomic E-state index is 12.2. The molecule has 29 heavy (non-hydrogen) atoms. The van der Waals surface area contributed by atoms with Crippen molar-refractivity contribution < 1.29 is 24.0 Å². The number of hydrogen-bond acceptors (Lipinski definition) is 6. The third-order valence-corrected chi connectivity index (χ3v) is 4.18. The SMILES string of the molecule is O=C(CNC(=O)CN1C(=O)COc2ccc([N+](=O)[O-])cc21)NCc1ccccc1. The van der Waals surface area contributed by atoms with Crippen LogP contribution in [0.2, 0.25) is 0 Å². The number of anilines is 1. The molecule has 0 atom stereocenters. The molecule has 10 nitrogen and oxygen atoms in total. The van der Waals surface area contributed by atoms with Gasteiger partial charge in [-0.2, -0.15) is 0 Å². The van der Waals surface area contributed by atoms with E-state index in [1.54, 1.807) is 0 Å². The van der Waals surface area contributed by atoms with Gasteiger partial charge in [-0.25, -0.2) is 0 Å². The van der Waals surface area contributed by atoms with Crippen molar-refractivity contribution in [3.8, 4) is 5.75 Å². The number of non-ortho nitro benzene ring substituents is 1. The van der Waals surface area contributed by atoms with E-state index in [0.29, 0.717) is 6.54 Å². The second-order valence-electron chi connectivity index (χ2n) is 6.22. The molecule has 0 aromatic heterocycles. The third-order valence-electron chi connectivity index (χ3n) is 4.18. The maximum Gasteiger partial charge on any atom is 0.271 e. The van der Waals surface area contributed by atoms with E-state index in [0.717, 1.165) is 10.5 Å². The second-order valence-corrected chi connectivity index (χ2v) is 6.22. The molecule has 0 saturated carbocycles. The Hall–Kier alpha value is -3.95. The lowest BCUT2D eigenvalue weighted by atomic mass is 10.2. The fourth-order valence-electron chi connectivity index (χ4n) is 2.71. The van der Waals surface area contributed by atoms with Crippen LogP contribution in [0.1, 0.15) is 5.56 Å². The van der Waals surface area contributed by atoms with E-state index in [-0.39, 0.29) is 42.7 Å². The molecule has 0 saturated heterocycles. The monoisotopic (exact) mass is 398 g/mol. The predicted octanol–water partition coefficient (Wildman–Crippen LogP) is 0.753. The molecule has 0 bridgehead atoms. The summed E-state index contributed by atoms with van der Waals surface area (Å²) in [6.45, 7) is -0.599. The van der Waals surface area contributed by atoms with Crippen molar-refractivity contribution in [2.75, 3.05) is 24.6 Å². The summed E-state index contributed by atoms with van der Waals surface area (Å²) in [5.74, 6) is -1.20. The molecule has 0 radical (unpaired) electrons. The molecule has 2 aromatic rings. The number of fused-ring (bicyclic) bond motifs is 1. The van der Waals surface area contributed by atoms with Crippen LogP contribution in [0.5, 0.6) is 5.75 Å². The first kappa shape index (κ1) is 19.8. The molecule has 2 N–H and O–H groups in total. The summed E-state index contributed by atoms with van der Waals surface area (Å²) in [4.78, 5) is 47.7. The zero-order chi connectivity index (χ0) is 20.8. The van der Waals surface area contributed by atoms with Gasteiger partial charge >= 0.3 is 0 Å². The van der Waals surface area contributed by atoms with Gasteiger partial charge in [0, 0.05) is 18.7 Å². The summed E-state index contributed by atoms with van der Waals surface area (Å²) in [5, 5.41) is 16.1. The smallest absolute Gasteiger partial charge is 0.271 e. The van der Waals surface area contributed by atoms with E-state index in [4.69, 9.17) is 4.74 Å². The highest BCUT2D eigenvalue weighted by Crippen LogP contribution is 2.35. The van der Waals surface area contributed by atoms with Gasteiger partial charge in [0.1, 0.15) is 12.3 Å². The van der Waals surface area contributed by atoms with Crippen molar-refractivity contribution in [3.05, 3.63) is 64.2 Å². The Kier molecular flexibility index (Phi) is 6.03. The highest BCUT2D eigenvalue weighted by Gasteiger charge is 2.29. The van der Waals surface area contributed by atoms with Crippen LogP contribution >= 0.6 is 0 Å². The normalized spacial score (nSPS) is 12.6. The minimum Gasteiger partial charge on any atom is -0.482 e. The summed E-state index contributed by atoms with van der Waals surface area (Å²) >= 11 is 0. The van der Waals surface area contributed by atoms with Crippen molar-refractivity contribution in [1.29, 1.82) is 0 Å². The predicted molar refractivity (Wildman–Crippen MR) is 102 cm³/mol. The van der Waals surface area contributed by atoms with Gasteiger partial charge in [0.2, 0.25) is 11.8 Å². The Morgan fingerprint density at radius 1 is 1.10 bits per heavy atom. The molecular weight excluding hydrogens is 380 g/mol. The van der Waals surface area contributed by atoms with E-state index in [1.165, 1.54) is 18.2 Å². The van der Waals surface area contributed by atoms with Gasteiger partial charge in [0.15, 0.2) is 6.61 Å². The Morgan fingerprint density at radius 3 is 2.59 bits per heavy atom. The summed E-state index contributed by atoms with van der Waals surface area (Å²) in [6.07, 6.45) is 0. The largest absolute Gasteiger partial charge is 0.482 e. The topological polar surface area (TPSA) is 131 Å². The van der Waals surface area contributed by atoms with Crippen molar-refractivity contribution in [1.82, 2.24) is 10.6 Å². The van der Waals surface area contributed by atoms with Gasteiger partial charge in [-0.05, 0) is 11.6 Å². The number of carbonyl (C=O) groups excluding carboxylic acids is 3. The summed E-state index contributed by atoms with van der Waals surface area (Å²) in [6, 6.07) is 13.1. The standard InChI is InChI=1S/C19H18N4O6/c24-17(20-9-13-4-2-1-3-5-13)10-21-18(25)11-22-15-8-14(23(27)28)6-7-16(15)29-12-19(22)26/h1-8H,9-12H2,(H,20,24)(H,21,25). The van der Waals surface area contributed by atoms with Crippen molar-refractivity contribution in [2.45, 2.75) is 6.54 Å². The van der Waals surface area contributed by atoms with Crippen LogP contribution in [-0.4, -0.2) is 42.3 Å². The number of carbonyl (C=O) groups is 3. The molecule has 1 aliphatic rings. The number of benzene rings is 2. The van der Waals surface area contributed by atoms with E-state index in [9.17, 15) is 24.5 Å². The molecular formula is C19H18N4O6. The molecule has 2 aromatic carbocycles. The van der Waals surface area contributed by atoms with Crippen molar-refractivity contribution in [2.24, 2.45) is 0 Å². The Bertz CT molecular complexity index is 947. The average molecular weight is 398 g/mol. The number of rotatable bonds is 7. The van der Waals surface area contributed by atoms with Gasteiger partial charge < -0.3 is 15.4 Å². The lowest BCUT2D eigenvalue weighted by Gasteiger charge is -2.28. The average Bonchev–Trinajstić information content (AvgIpc) is 2.73. The highest BCUT2D eigenvalue weighted by atomic mass is 16.6. The van der Waals surface area contributed by atoms with Gasteiger partial charge in [-0.3, -0.25) is 29.4 Å². The molecule has 1 aliphatic heterocycles. The van der Waals surface area contributed by atoms with Crippen molar-refractivity contribution in [3.63, 3.8) is 0 Å². The number of nitro benzene ring substituents is 1. The lowest BCUT2D eigenvalue weighted by molar-refractivity contribution is -0.384. The third kappa shape index (κ3) is 5.06. The van der Waals surface area contributed by atoms with E-state index in [2.05, 4.69) is 10.6 Å². The Balaban J connectivity index is 1.56. The summed E-state index contributed by atoms with van der Waals surface area (Å²) in [5.41, 5.74) is 0.830. The quantitative estimate of drug-likeness (QED) is 0.523. The zero-order valence-electron chi connectivity index (χ0n) is 15.3. The van der Waals surface area contributed by atoms with E-state index in [1.807, 2.05) is 30.3 Å². The number of nitrogens with zero attached hydrogens (tertiary/aromatic N) is 2. The number of hydrogen-bond donors (Lipinski definition) is 2. The maximum absolute atomic E-state index is 12.2. The van der Waals surface area contributed by atoms with E-state index >= 15 is 0 Å². The van der Waals surface area contributed by atoms with Crippen LogP contribution in [0, 0.1) is 10.1 Å². The molecule has 3 rings (SSSR count). The minimum atomic E-state index is -0.602. The molecule has 1 heterocycles. The van der Waals surface area contributed by atoms with E-state index < -0.39 is 16.7 Å². The van der Waals surface area contributed by atoms with Crippen LogP contribution in [0.25, 0.3) is 0 Å². The number of nitrogens with one attached hydrogen (secondary N) is 2. The summed E-state index contributed by atoms with van der Waals surface area (Å²) in [7, 11) is 0. The molecule has 150 valence electrons. The fourth-order valence-corrected chi connectivity index (χ4v) is 2.71. The molecule has 0 aliphatic carbocycles. The molecule has 3 amide bonds. The molecule has 0 unspecified atom stereocenters. The fraction of sp³-hybridized carbons (Fsp3) is 0.211. The van der Waals surface area contributed by atoms with Crippen molar-refractivity contribution >= 4 is 29.1 Å². The van der Waals surface area contributed by atoms with Crippen LogP contribution in [-0.2, 0) is 20.9 Å². The van der Waals surface area contributed by atoms with Crippen LogP contribution in [0.4, 0.5) is 11.4 Å². The van der Waals surface area contributed by atoms with Crippen LogP contribution < -0.4 is 20.3 Å². The zero-order valence-corrected chi connectivity index (χ0v) is 15.3. The first-order valence-corrected chi connectivity index (χ1v) is 8.73. The first-order valence-electron chi connectivity index (χ1n) is 8.73. The minimum absolute atomic E-state index is 0.138. The summed E-state index contributed by atoms with van der Waals surface area (Å²) < 4.78 is 5.24.